The lowest BCUT2D eigenvalue weighted by Crippen LogP contribution is -2.47. The lowest BCUT2D eigenvalue weighted by molar-refractivity contribution is -0.141. The van der Waals surface area contributed by atoms with Crippen LogP contribution < -0.4 is 5.32 Å². The topological polar surface area (TPSA) is 90.0 Å². The van der Waals surface area contributed by atoms with Crippen LogP contribution in [0.1, 0.15) is 13.8 Å². The first-order valence-electron chi connectivity index (χ1n) is 5.76. The molecule has 0 saturated heterocycles. The molecule has 0 rings (SSSR count). The standard InChI is InChI=1S/C11H21N3O4/c1-5-14(7-9(15)12-3)11(18)13(4)6-8(2)10(16)17/h8H,5-7H2,1-4H3,(H,12,15)(H,16,17). The Balaban J connectivity index is 4.49. The van der Waals surface area contributed by atoms with Crippen LogP contribution in [0.25, 0.3) is 0 Å². The molecule has 18 heavy (non-hydrogen) atoms. The highest BCUT2D eigenvalue weighted by molar-refractivity contribution is 5.84. The Bertz CT molecular complexity index is 319. The summed E-state index contributed by atoms with van der Waals surface area (Å²) in [5.74, 6) is -1.86. The molecule has 0 aliphatic rings. The van der Waals surface area contributed by atoms with Crippen LogP contribution in [0, 0.1) is 5.92 Å². The van der Waals surface area contributed by atoms with Gasteiger partial charge in [-0.3, -0.25) is 9.59 Å². The van der Waals surface area contributed by atoms with E-state index in [1.165, 1.54) is 30.8 Å². The van der Waals surface area contributed by atoms with E-state index in [-0.39, 0.29) is 25.0 Å². The first-order valence-corrected chi connectivity index (χ1v) is 5.76. The van der Waals surface area contributed by atoms with Crippen LogP contribution in [0.4, 0.5) is 4.79 Å². The number of amides is 3. The van der Waals surface area contributed by atoms with E-state index in [1.807, 2.05) is 0 Å². The number of hydrogen-bond donors (Lipinski definition) is 2. The molecular weight excluding hydrogens is 238 g/mol. The average Bonchev–Trinajstić information content (AvgIpc) is 2.34. The summed E-state index contributed by atoms with van der Waals surface area (Å²) < 4.78 is 0. The fourth-order valence-corrected chi connectivity index (χ4v) is 1.38. The Morgan fingerprint density at radius 3 is 2.28 bits per heavy atom. The van der Waals surface area contributed by atoms with Crippen LogP contribution in [-0.4, -0.2) is 66.5 Å². The molecule has 0 heterocycles. The molecular formula is C11H21N3O4. The molecule has 1 unspecified atom stereocenters. The van der Waals surface area contributed by atoms with Crippen molar-refractivity contribution in [3.05, 3.63) is 0 Å². The third-order valence-corrected chi connectivity index (χ3v) is 2.56. The summed E-state index contributed by atoms with van der Waals surface area (Å²) in [6.45, 7) is 3.75. The predicted octanol–water partition coefficient (Wildman–Crippen LogP) is -0.173. The summed E-state index contributed by atoms with van der Waals surface area (Å²) in [7, 11) is 3.02. The third-order valence-electron chi connectivity index (χ3n) is 2.56. The molecule has 0 bridgehead atoms. The van der Waals surface area contributed by atoms with Crippen molar-refractivity contribution < 1.29 is 19.5 Å². The van der Waals surface area contributed by atoms with Crippen LogP contribution in [0.3, 0.4) is 0 Å². The predicted molar refractivity (Wildman–Crippen MR) is 66.1 cm³/mol. The van der Waals surface area contributed by atoms with Gasteiger partial charge in [0, 0.05) is 27.2 Å². The van der Waals surface area contributed by atoms with E-state index in [0.717, 1.165) is 0 Å². The summed E-state index contributed by atoms with van der Waals surface area (Å²) in [4.78, 5) is 36.6. The summed E-state index contributed by atoms with van der Waals surface area (Å²) in [6.07, 6.45) is 0. The lowest BCUT2D eigenvalue weighted by atomic mass is 10.2. The second-order valence-corrected chi connectivity index (χ2v) is 4.09. The number of carbonyl (C=O) groups is 3. The van der Waals surface area contributed by atoms with Crippen molar-refractivity contribution in [3.63, 3.8) is 0 Å². The number of carboxylic acids is 1. The Morgan fingerprint density at radius 1 is 1.33 bits per heavy atom. The van der Waals surface area contributed by atoms with E-state index < -0.39 is 11.9 Å². The van der Waals surface area contributed by atoms with Crippen LogP contribution in [0.15, 0.2) is 0 Å². The summed E-state index contributed by atoms with van der Waals surface area (Å²) in [5.41, 5.74) is 0. The molecule has 104 valence electrons. The van der Waals surface area contributed by atoms with Crippen molar-refractivity contribution in [2.45, 2.75) is 13.8 Å². The molecule has 0 aromatic carbocycles. The van der Waals surface area contributed by atoms with Crippen molar-refractivity contribution in [1.29, 1.82) is 0 Å². The molecule has 0 aliphatic carbocycles. The van der Waals surface area contributed by atoms with Gasteiger partial charge in [-0.15, -0.1) is 0 Å². The van der Waals surface area contributed by atoms with Crippen molar-refractivity contribution in [2.75, 3.05) is 33.7 Å². The number of nitrogens with one attached hydrogen (secondary N) is 1. The highest BCUT2D eigenvalue weighted by Crippen LogP contribution is 2.02. The Kier molecular flexibility index (Phi) is 6.77. The number of carbonyl (C=O) groups excluding carboxylic acids is 2. The third kappa shape index (κ3) is 5.03. The van der Waals surface area contributed by atoms with Gasteiger partial charge in [0.15, 0.2) is 0 Å². The Hall–Kier alpha value is -1.79. The van der Waals surface area contributed by atoms with E-state index in [4.69, 9.17) is 5.11 Å². The summed E-state index contributed by atoms with van der Waals surface area (Å²) in [6, 6.07) is -0.353. The van der Waals surface area contributed by atoms with Gasteiger partial charge in [0.05, 0.1) is 5.92 Å². The maximum absolute atomic E-state index is 12.0. The van der Waals surface area contributed by atoms with Crippen LogP contribution in [-0.2, 0) is 9.59 Å². The van der Waals surface area contributed by atoms with Crippen LogP contribution in [0.2, 0.25) is 0 Å². The Labute approximate surface area is 107 Å². The number of carboxylic acid groups (broad SMARTS) is 1. The van der Waals surface area contributed by atoms with Gasteiger partial charge in [-0.05, 0) is 6.92 Å². The van der Waals surface area contributed by atoms with Crippen molar-refractivity contribution in [1.82, 2.24) is 15.1 Å². The number of nitrogens with zero attached hydrogens (tertiary/aromatic N) is 2. The van der Waals surface area contributed by atoms with E-state index in [2.05, 4.69) is 5.32 Å². The van der Waals surface area contributed by atoms with E-state index in [1.54, 1.807) is 6.92 Å². The zero-order chi connectivity index (χ0) is 14.3. The highest BCUT2D eigenvalue weighted by Gasteiger charge is 2.22. The van der Waals surface area contributed by atoms with Gasteiger partial charge in [-0.25, -0.2) is 4.79 Å². The minimum atomic E-state index is -0.955. The molecule has 0 fully saturated rings. The number of hydrogen-bond acceptors (Lipinski definition) is 3. The minimum Gasteiger partial charge on any atom is -0.481 e. The molecule has 2 N–H and O–H groups in total. The molecule has 0 aromatic heterocycles. The molecule has 3 amide bonds. The molecule has 0 saturated carbocycles. The molecule has 0 radical (unpaired) electrons. The number of likely N-dealkylation sites (N-methyl/N-ethyl adjacent to an activating group) is 2. The second-order valence-electron chi connectivity index (χ2n) is 4.09. The normalized spacial score (nSPS) is 11.6. The minimum absolute atomic E-state index is 0.0301. The largest absolute Gasteiger partial charge is 0.481 e. The van der Waals surface area contributed by atoms with E-state index in [9.17, 15) is 14.4 Å². The van der Waals surface area contributed by atoms with Gasteiger partial charge >= 0.3 is 12.0 Å². The number of aliphatic carboxylic acids is 1. The number of rotatable bonds is 6. The van der Waals surface area contributed by atoms with Gasteiger partial charge in [-0.2, -0.15) is 0 Å². The molecule has 7 nitrogen and oxygen atoms in total. The molecule has 0 spiro atoms. The van der Waals surface area contributed by atoms with Crippen molar-refractivity contribution >= 4 is 17.9 Å². The molecule has 7 heteroatoms. The van der Waals surface area contributed by atoms with E-state index in [0.29, 0.717) is 6.54 Å². The summed E-state index contributed by atoms with van der Waals surface area (Å²) >= 11 is 0. The van der Waals surface area contributed by atoms with E-state index >= 15 is 0 Å². The average molecular weight is 259 g/mol. The fraction of sp³-hybridized carbons (Fsp3) is 0.727. The van der Waals surface area contributed by atoms with Crippen molar-refractivity contribution in [3.8, 4) is 0 Å². The first-order chi connectivity index (χ1) is 8.33. The van der Waals surface area contributed by atoms with Gasteiger partial charge < -0.3 is 20.2 Å². The fourth-order valence-electron chi connectivity index (χ4n) is 1.38. The zero-order valence-electron chi connectivity index (χ0n) is 11.3. The Morgan fingerprint density at radius 2 is 1.89 bits per heavy atom. The quantitative estimate of drug-likeness (QED) is 0.693. The highest BCUT2D eigenvalue weighted by atomic mass is 16.4. The van der Waals surface area contributed by atoms with Gasteiger partial charge in [0.1, 0.15) is 6.54 Å². The lowest BCUT2D eigenvalue weighted by Gasteiger charge is -2.27. The smallest absolute Gasteiger partial charge is 0.320 e. The number of urea groups is 1. The summed E-state index contributed by atoms with van der Waals surface area (Å²) in [5, 5.41) is 11.2. The molecule has 0 aromatic rings. The van der Waals surface area contributed by atoms with Gasteiger partial charge in [-0.1, -0.05) is 6.92 Å². The monoisotopic (exact) mass is 259 g/mol. The van der Waals surface area contributed by atoms with Gasteiger partial charge in [0.2, 0.25) is 5.91 Å². The van der Waals surface area contributed by atoms with Gasteiger partial charge in [0.25, 0.3) is 0 Å². The van der Waals surface area contributed by atoms with Crippen molar-refractivity contribution in [2.24, 2.45) is 5.92 Å². The van der Waals surface area contributed by atoms with Crippen LogP contribution in [0.5, 0.6) is 0 Å². The SMILES string of the molecule is CCN(CC(=O)NC)C(=O)N(C)CC(C)C(=O)O. The molecule has 1 atom stereocenters. The second kappa shape index (κ2) is 7.52. The first kappa shape index (κ1) is 16.2. The maximum atomic E-state index is 12.0. The maximum Gasteiger partial charge on any atom is 0.320 e. The molecule has 0 aliphatic heterocycles. The zero-order valence-corrected chi connectivity index (χ0v) is 11.3. The van der Waals surface area contributed by atoms with Crippen LogP contribution >= 0.6 is 0 Å².